The Balaban J connectivity index is 1.60. The van der Waals surface area contributed by atoms with Crippen molar-refractivity contribution >= 4 is 5.91 Å². The van der Waals surface area contributed by atoms with Crippen molar-refractivity contribution in [3.05, 3.63) is 12.4 Å². The zero-order valence-corrected chi connectivity index (χ0v) is 9.93. The van der Waals surface area contributed by atoms with Crippen LogP contribution in [0.15, 0.2) is 12.4 Å². The van der Waals surface area contributed by atoms with Gasteiger partial charge in [-0.05, 0) is 31.8 Å². The van der Waals surface area contributed by atoms with Crippen LogP contribution in [0.25, 0.3) is 0 Å². The van der Waals surface area contributed by atoms with E-state index < -0.39 is 0 Å². The first-order valence-corrected chi connectivity index (χ1v) is 6.16. The van der Waals surface area contributed by atoms with Crippen molar-refractivity contribution in [1.29, 1.82) is 0 Å². The van der Waals surface area contributed by atoms with Crippen LogP contribution in [0.4, 0.5) is 0 Å². The van der Waals surface area contributed by atoms with E-state index in [0.717, 1.165) is 32.5 Å². The van der Waals surface area contributed by atoms with Crippen LogP contribution in [-0.2, 0) is 11.3 Å². The summed E-state index contributed by atoms with van der Waals surface area (Å²) >= 11 is 0. The molecule has 0 radical (unpaired) electrons. The monoisotopic (exact) mass is 237 g/mol. The molecule has 2 rings (SSSR count). The van der Waals surface area contributed by atoms with Crippen LogP contribution < -0.4 is 10.6 Å². The molecular weight excluding hydrogens is 218 g/mol. The number of carbonyl (C=O) groups is 1. The van der Waals surface area contributed by atoms with Gasteiger partial charge in [0, 0.05) is 19.2 Å². The third-order valence-electron chi connectivity index (χ3n) is 3.09. The van der Waals surface area contributed by atoms with Gasteiger partial charge >= 0.3 is 0 Å². The summed E-state index contributed by atoms with van der Waals surface area (Å²) in [5.74, 6) is 0.727. The molecule has 6 nitrogen and oxygen atoms in total. The molecule has 1 saturated heterocycles. The van der Waals surface area contributed by atoms with E-state index in [1.807, 2.05) is 0 Å². The van der Waals surface area contributed by atoms with E-state index >= 15 is 0 Å². The Kier molecular flexibility index (Phi) is 4.49. The molecule has 0 aromatic carbocycles. The first-order valence-electron chi connectivity index (χ1n) is 6.16. The fourth-order valence-electron chi connectivity index (χ4n) is 2.00. The maximum atomic E-state index is 11.6. The first kappa shape index (κ1) is 12.0. The van der Waals surface area contributed by atoms with Crippen molar-refractivity contribution in [1.82, 2.24) is 25.6 Å². The molecule has 1 aliphatic rings. The van der Waals surface area contributed by atoms with Crippen LogP contribution in [0, 0.1) is 5.92 Å². The minimum Gasteiger partial charge on any atom is -0.356 e. The highest BCUT2D eigenvalue weighted by Crippen LogP contribution is 2.09. The SMILES string of the molecule is O=C(CCn1ccnn1)NCC1CCNCC1. The average molecular weight is 237 g/mol. The zero-order valence-electron chi connectivity index (χ0n) is 9.93. The van der Waals surface area contributed by atoms with E-state index in [-0.39, 0.29) is 5.91 Å². The van der Waals surface area contributed by atoms with Crippen LogP contribution in [0.3, 0.4) is 0 Å². The molecule has 0 unspecified atom stereocenters. The van der Waals surface area contributed by atoms with Gasteiger partial charge in [0.1, 0.15) is 0 Å². The Morgan fingerprint density at radius 3 is 3.00 bits per heavy atom. The molecule has 2 N–H and O–H groups in total. The largest absolute Gasteiger partial charge is 0.356 e. The fraction of sp³-hybridized carbons (Fsp3) is 0.727. The van der Waals surface area contributed by atoms with Crippen LogP contribution in [-0.4, -0.2) is 40.5 Å². The number of carbonyl (C=O) groups excluding carboxylic acids is 1. The van der Waals surface area contributed by atoms with E-state index in [1.165, 1.54) is 0 Å². The van der Waals surface area contributed by atoms with Gasteiger partial charge in [-0.25, -0.2) is 0 Å². The summed E-state index contributed by atoms with van der Waals surface area (Å²) in [7, 11) is 0. The molecule has 0 bridgehead atoms. The van der Waals surface area contributed by atoms with E-state index in [9.17, 15) is 4.79 Å². The normalized spacial score (nSPS) is 16.9. The first-order chi connectivity index (χ1) is 8.34. The van der Waals surface area contributed by atoms with Gasteiger partial charge in [-0.15, -0.1) is 5.10 Å². The predicted molar refractivity (Wildman–Crippen MR) is 63.2 cm³/mol. The number of nitrogens with one attached hydrogen (secondary N) is 2. The molecule has 2 heterocycles. The summed E-state index contributed by atoms with van der Waals surface area (Å²) < 4.78 is 1.67. The zero-order chi connectivity index (χ0) is 11.9. The average Bonchev–Trinajstić information content (AvgIpc) is 2.88. The standard InChI is InChI=1S/C11H19N5O/c17-11(3-7-16-8-6-14-15-16)13-9-10-1-4-12-5-2-10/h6,8,10,12H,1-5,7,9H2,(H,13,17). The number of hydrogen-bond donors (Lipinski definition) is 2. The van der Waals surface area contributed by atoms with E-state index in [0.29, 0.717) is 18.9 Å². The third-order valence-corrected chi connectivity index (χ3v) is 3.09. The summed E-state index contributed by atoms with van der Waals surface area (Å²) in [6, 6.07) is 0. The van der Waals surface area contributed by atoms with Crippen molar-refractivity contribution < 1.29 is 4.79 Å². The molecule has 0 aliphatic carbocycles. The molecule has 1 amide bonds. The molecule has 0 atom stereocenters. The highest BCUT2D eigenvalue weighted by molar-refractivity contribution is 5.75. The Hall–Kier alpha value is -1.43. The summed E-state index contributed by atoms with van der Waals surface area (Å²) in [5.41, 5.74) is 0. The molecule has 6 heteroatoms. The minimum atomic E-state index is 0.0963. The van der Waals surface area contributed by atoms with Gasteiger partial charge in [0.25, 0.3) is 0 Å². The second kappa shape index (κ2) is 6.34. The Morgan fingerprint density at radius 1 is 1.47 bits per heavy atom. The highest BCUT2D eigenvalue weighted by Gasteiger charge is 2.13. The minimum absolute atomic E-state index is 0.0963. The second-order valence-electron chi connectivity index (χ2n) is 4.41. The lowest BCUT2D eigenvalue weighted by Crippen LogP contribution is -2.36. The summed E-state index contributed by atoms with van der Waals surface area (Å²) in [4.78, 5) is 11.6. The van der Waals surface area contributed by atoms with Crippen LogP contribution in [0.2, 0.25) is 0 Å². The number of rotatable bonds is 5. The lowest BCUT2D eigenvalue weighted by atomic mass is 9.98. The van der Waals surface area contributed by atoms with Crippen molar-refractivity contribution in [3.8, 4) is 0 Å². The Bertz CT molecular complexity index is 332. The van der Waals surface area contributed by atoms with Crippen molar-refractivity contribution in [2.24, 2.45) is 5.92 Å². The maximum Gasteiger partial charge on any atom is 0.221 e. The van der Waals surface area contributed by atoms with Gasteiger partial charge in [0.05, 0.1) is 12.7 Å². The topological polar surface area (TPSA) is 71.8 Å². The summed E-state index contributed by atoms with van der Waals surface area (Å²) in [6.45, 7) is 3.54. The number of piperidine rings is 1. The fourth-order valence-corrected chi connectivity index (χ4v) is 2.00. The molecule has 0 spiro atoms. The summed E-state index contributed by atoms with van der Waals surface area (Å²) in [6.07, 6.45) is 6.16. The highest BCUT2D eigenvalue weighted by atomic mass is 16.1. The number of aryl methyl sites for hydroxylation is 1. The van der Waals surface area contributed by atoms with Gasteiger partial charge in [-0.1, -0.05) is 5.21 Å². The van der Waals surface area contributed by atoms with Crippen molar-refractivity contribution in [3.63, 3.8) is 0 Å². The van der Waals surface area contributed by atoms with E-state index in [4.69, 9.17) is 0 Å². The van der Waals surface area contributed by atoms with Crippen LogP contribution in [0.1, 0.15) is 19.3 Å². The van der Waals surface area contributed by atoms with E-state index in [1.54, 1.807) is 17.1 Å². The van der Waals surface area contributed by atoms with Crippen molar-refractivity contribution in [2.75, 3.05) is 19.6 Å². The quantitative estimate of drug-likeness (QED) is 0.743. The summed E-state index contributed by atoms with van der Waals surface area (Å²) in [5, 5.41) is 13.8. The lowest BCUT2D eigenvalue weighted by molar-refractivity contribution is -0.121. The van der Waals surface area contributed by atoms with Gasteiger partial charge in [0.15, 0.2) is 0 Å². The number of nitrogens with zero attached hydrogens (tertiary/aromatic N) is 3. The molecule has 1 aromatic heterocycles. The van der Waals surface area contributed by atoms with E-state index in [2.05, 4.69) is 20.9 Å². The van der Waals surface area contributed by atoms with Crippen LogP contribution >= 0.6 is 0 Å². The molecular formula is C11H19N5O. The van der Waals surface area contributed by atoms with Gasteiger partial charge in [0.2, 0.25) is 5.91 Å². The molecule has 0 saturated carbocycles. The molecule has 94 valence electrons. The van der Waals surface area contributed by atoms with Gasteiger partial charge < -0.3 is 10.6 Å². The molecule has 1 fully saturated rings. The molecule has 1 aliphatic heterocycles. The predicted octanol–water partition coefficient (Wildman–Crippen LogP) is -0.216. The smallest absolute Gasteiger partial charge is 0.221 e. The number of amides is 1. The molecule has 17 heavy (non-hydrogen) atoms. The van der Waals surface area contributed by atoms with Gasteiger partial charge in [-0.3, -0.25) is 9.48 Å². The maximum absolute atomic E-state index is 11.6. The van der Waals surface area contributed by atoms with Gasteiger partial charge in [-0.2, -0.15) is 0 Å². The molecule has 1 aromatic rings. The van der Waals surface area contributed by atoms with Crippen LogP contribution in [0.5, 0.6) is 0 Å². The third kappa shape index (κ3) is 4.14. The number of aromatic nitrogens is 3. The Labute approximate surface area is 101 Å². The second-order valence-corrected chi connectivity index (χ2v) is 4.41. The number of hydrogen-bond acceptors (Lipinski definition) is 4. The lowest BCUT2D eigenvalue weighted by Gasteiger charge is -2.22. The Morgan fingerprint density at radius 2 is 2.29 bits per heavy atom. The van der Waals surface area contributed by atoms with Crippen molar-refractivity contribution in [2.45, 2.75) is 25.8 Å².